The monoisotopic (exact) mass is 321 g/mol. The zero-order valence-electron chi connectivity index (χ0n) is 12.3. The normalized spacial score (nSPS) is 21.7. The molecule has 1 unspecified atom stereocenters. The fourth-order valence-electron chi connectivity index (χ4n) is 2.61. The average Bonchev–Trinajstić information content (AvgIpc) is 3.08. The van der Waals surface area contributed by atoms with Crippen LogP contribution in [0.15, 0.2) is 18.3 Å². The quantitative estimate of drug-likeness (QED) is 0.771. The second-order valence-corrected chi connectivity index (χ2v) is 6.54. The predicted octanol–water partition coefficient (Wildman–Crippen LogP) is 0.880. The molecule has 0 saturated carbocycles. The molecule has 2 fully saturated rings. The summed E-state index contributed by atoms with van der Waals surface area (Å²) in [4.78, 5) is 31.1. The van der Waals surface area contributed by atoms with Gasteiger partial charge >= 0.3 is 0 Å². The molecule has 0 bridgehead atoms. The van der Waals surface area contributed by atoms with Crippen molar-refractivity contribution in [2.75, 3.05) is 37.7 Å². The van der Waals surface area contributed by atoms with Crippen molar-refractivity contribution >= 4 is 24.1 Å². The van der Waals surface area contributed by atoms with Crippen LogP contribution >= 0.6 is 11.8 Å². The third-order valence-electron chi connectivity index (χ3n) is 3.92. The summed E-state index contributed by atoms with van der Waals surface area (Å²) >= 11 is 1.86. The van der Waals surface area contributed by atoms with Crippen molar-refractivity contribution in [3.05, 3.63) is 23.9 Å². The first-order valence-electron chi connectivity index (χ1n) is 7.46. The van der Waals surface area contributed by atoms with E-state index in [1.165, 1.54) is 0 Å². The van der Waals surface area contributed by atoms with E-state index in [9.17, 15) is 9.59 Å². The second-order valence-electron chi connectivity index (χ2n) is 5.39. The van der Waals surface area contributed by atoms with Crippen LogP contribution in [0, 0.1) is 0 Å². The van der Waals surface area contributed by atoms with Crippen molar-refractivity contribution < 1.29 is 14.3 Å². The van der Waals surface area contributed by atoms with Gasteiger partial charge in [-0.25, -0.2) is 4.98 Å². The van der Waals surface area contributed by atoms with Gasteiger partial charge in [-0.2, -0.15) is 11.8 Å². The van der Waals surface area contributed by atoms with Crippen LogP contribution in [0.1, 0.15) is 16.8 Å². The third-order valence-corrected chi connectivity index (χ3v) is 5.05. The van der Waals surface area contributed by atoms with Crippen LogP contribution in [0.4, 0.5) is 0 Å². The van der Waals surface area contributed by atoms with E-state index in [1.54, 1.807) is 28.1 Å². The van der Waals surface area contributed by atoms with Gasteiger partial charge < -0.3 is 14.5 Å². The number of nitrogens with zero attached hydrogens (tertiary/aromatic N) is 3. The van der Waals surface area contributed by atoms with E-state index in [0.717, 1.165) is 24.3 Å². The topological polar surface area (TPSA) is 62.7 Å². The number of piperazine rings is 1. The molecule has 1 aromatic rings. The molecule has 3 rings (SSSR count). The minimum atomic E-state index is -0.0701. The highest BCUT2D eigenvalue weighted by Crippen LogP contribution is 2.25. The zero-order valence-corrected chi connectivity index (χ0v) is 13.1. The summed E-state index contributed by atoms with van der Waals surface area (Å²) in [5.41, 5.74) is 0.513. The molecule has 2 aliphatic rings. The molecule has 2 saturated heterocycles. The van der Waals surface area contributed by atoms with Gasteiger partial charge in [-0.15, -0.1) is 0 Å². The molecule has 7 heteroatoms. The van der Waals surface area contributed by atoms with Crippen LogP contribution in [0.2, 0.25) is 0 Å². The molecule has 6 nitrogen and oxygen atoms in total. The lowest BCUT2D eigenvalue weighted by molar-refractivity contribution is -0.119. The van der Waals surface area contributed by atoms with Crippen molar-refractivity contribution in [1.82, 2.24) is 14.8 Å². The van der Waals surface area contributed by atoms with E-state index in [1.807, 2.05) is 11.8 Å². The highest BCUT2D eigenvalue weighted by atomic mass is 32.2. The number of carbonyl (C=O) groups is 2. The summed E-state index contributed by atoms with van der Waals surface area (Å²) < 4.78 is 5.91. The Kier molecular flexibility index (Phi) is 4.82. The Morgan fingerprint density at radius 3 is 2.86 bits per heavy atom. The van der Waals surface area contributed by atoms with Crippen molar-refractivity contribution in [2.45, 2.75) is 12.5 Å². The molecule has 0 radical (unpaired) electrons. The molecule has 118 valence electrons. The fraction of sp³-hybridized carbons (Fsp3) is 0.533. The SMILES string of the molecule is O=CN1CCN(C(=O)c2cccnc2OC2CCSC2)CC1. The van der Waals surface area contributed by atoms with E-state index in [-0.39, 0.29) is 12.0 Å². The van der Waals surface area contributed by atoms with E-state index in [0.29, 0.717) is 37.6 Å². The van der Waals surface area contributed by atoms with Crippen LogP contribution in [-0.4, -0.2) is 70.9 Å². The van der Waals surface area contributed by atoms with Gasteiger partial charge in [0, 0.05) is 38.1 Å². The van der Waals surface area contributed by atoms with Crippen molar-refractivity contribution in [3.8, 4) is 5.88 Å². The highest BCUT2D eigenvalue weighted by molar-refractivity contribution is 7.99. The Balaban J connectivity index is 1.70. The second kappa shape index (κ2) is 7.00. The van der Waals surface area contributed by atoms with Crippen molar-refractivity contribution in [2.24, 2.45) is 0 Å². The molecule has 0 aromatic carbocycles. The number of hydrogen-bond acceptors (Lipinski definition) is 5. The van der Waals surface area contributed by atoms with Gasteiger partial charge in [0.25, 0.3) is 5.91 Å². The first kappa shape index (κ1) is 15.1. The third kappa shape index (κ3) is 3.35. The van der Waals surface area contributed by atoms with Crippen molar-refractivity contribution in [1.29, 1.82) is 0 Å². The number of carbonyl (C=O) groups excluding carboxylic acids is 2. The van der Waals surface area contributed by atoms with Gasteiger partial charge in [-0.1, -0.05) is 0 Å². The lowest BCUT2D eigenvalue weighted by Gasteiger charge is -2.32. The number of pyridine rings is 1. The maximum atomic E-state index is 12.7. The fourth-order valence-corrected chi connectivity index (χ4v) is 3.71. The number of ether oxygens (including phenoxy) is 1. The summed E-state index contributed by atoms with van der Waals surface area (Å²) in [6, 6.07) is 3.52. The van der Waals surface area contributed by atoms with Gasteiger partial charge in [0.15, 0.2) is 0 Å². The number of hydrogen-bond donors (Lipinski definition) is 0. The molecule has 3 heterocycles. The van der Waals surface area contributed by atoms with Crippen LogP contribution < -0.4 is 4.74 Å². The van der Waals surface area contributed by atoms with E-state index < -0.39 is 0 Å². The molecule has 1 atom stereocenters. The van der Waals surface area contributed by atoms with Gasteiger partial charge in [0.2, 0.25) is 12.3 Å². The summed E-state index contributed by atoms with van der Waals surface area (Å²) in [7, 11) is 0. The van der Waals surface area contributed by atoms with Crippen LogP contribution in [-0.2, 0) is 4.79 Å². The van der Waals surface area contributed by atoms with E-state index >= 15 is 0 Å². The first-order chi connectivity index (χ1) is 10.8. The molecular formula is C15H19N3O3S. The molecule has 0 spiro atoms. The Morgan fingerprint density at radius 2 is 2.18 bits per heavy atom. The maximum Gasteiger partial charge on any atom is 0.259 e. The highest BCUT2D eigenvalue weighted by Gasteiger charge is 2.26. The molecular weight excluding hydrogens is 302 g/mol. The molecule has 0 N–H and O–H groups in total. The Morgan fingerprint density at radius 1 is 1.36 bits per heavy atom. The van der Waals surface area contributed by atoms with Gasteiger partial charge in [0.1, 0.15) is 11.7 Å². The number of aromatic nitrogens is 1. The summed E-state index contributed by atoms with van der Waals surface area (Å²) in [6.07, 6.45) is 3.61. The van der Waals surface area contributed by atoms with E-state index in [2.05, 4.69) is 4.98 Å². The Bertz CT molecular complexity index is 541. The van der Waals surface area contributed by atoms with Crippen LogP contribution in [0.3, 0.4) is 0 Å². The first-order valence-corrected chi connectivity index (χ1v) is 8.61. The largest absolute Gasteiger partial charge is 0.473 e. The molecule has 2 aliphatic heterocycles. The van der Waals surface area contributed by atoms with Gasteiger partial charge in [-0.3, -0.25) is 9.59 Å². The number of thioether (sulfide) groups is 1. The minimum Gasteiger partial charge on any atom is -0.473 e. The molecule has 22 heavy (non-hydrogen) atoms. The summed E-state index contributed by atoms with van der Waals surface area (Å²) in [5.74, 6) is 2.40. The number of amides is 2. The summed E-state index contributed by atoms with van der Waals surface area (Å²) in [5, 5.41) is 0. The van der Waals surface area contributed by atoms with Crippen LogP contribution in [0.5, 0.6) is 5.88 Å². The number of rotatable bonds is 4. The lowest BCUT2D eigenvalue weighted by atomic mass is 10.2. The Labute approximate surface area is 133 Å². The Hall–Kier alpha value is -1.76. The lowest BCUT2D eigenvalue weighted by Crippen LogP contribution is -2.48. The van der Waals surface area contributed by atoms with Crippen LogP contribution in [0.25, 0.3) is 0 Å². The van der Waals surface area contributed by atoms with E-state index in [4.69, 9.17) is 4.74 Å². The van der Waals surface area contributed by atoms with Crippen molar-refractivity contribution in [3.63, 3.8) is 0 Å². The average molecular weight is 321 g/mol. The molecule has 1 aromatic heterocycles. The minimum absolute atomic E-state index is 0.0701. The summed E-state index contributed by atoms with van der Waals surface area (Å²) in [6.45, 7) is 2.24. The smallest absolute Gasteiger partial charge is 0.259 e. The standard InChI is InChI=1S/C15H19N3O3S/c19-11-17-5-7-18(8-6-17)15(20)13-2-1-4-16-14(13)21-12-3-9-22-10-12/h1-2,4,11-12H,3,5-10H2. The molecule has 0 aliphatic carbocycles. The van der Waals surface area contributed by atoms with Gasteiger partial charge in [-0.05, 0) is 24.3 Å². The maximum absolute atomic E-state index is 12.7. The molecule has 2 amide bonds. The zero-order chi connectivity index (χ0) is 15.4. The predicted molar refractivity (Wildman–Crippen MR) is 84.1 cm³/mol. The van der Waals surface area contributed by atoms with Gasteiger partial charge in [0.05, 0.1) is 0 Å².